The molecule has 8 heteroatoms. The van der Waals surface area contributed by atoms with Gasteiger partial charge in [0, 0.05) is 31.6 Å². The van der Waals surface area contributed by atoms with Crippen LogP contribution in [0.25, 0.3) is 0 Å². The van der Waals surface area contributed by atoms with E-state index in [-0.39, 0.29) is 5.56 Å². The molecule has 0 atom stereocenters. The van der Waals surface area contributed by atoms with E-state index in [1.165, 1.54) is 0 Å². The Hall–Kier alpha value is -3.03. The van der Waals surface area contributed by atoms with Crippen molar-refractivity contribution in [3.05, 3.63) is 64.4 Å². The van der Waals surface area contributed by atoms with E-state index in [9.17, 15) is 4.79 Å². The molecule has 0 bridgehead atoms. The molecule has 0 spiro atoms. The van der Waals surface area contributed by atoms with Gasteiger partial charge in [-0.1, -0.05) is 6.07 Å². The number of aromatic nitrogens is 6. The number of nitrogens with zero attached hydrogens (tertiary/aromatic N) is 4. The van der Waals surface area contributed by atoms with E-state index in [4.69, 9.17) is 0 Å². The minimum absolute atomic E-state index is 0.323. The van der Waals surface area contributed by atoms with Gasteiger partial charge in [-0.15, -0.1) is 0 Å². The number of unbranched alkanes of at least 4 members (excludes halogenated alkanes) is 1. The minimum atomic E-state index is -0.323. The third kappa shape index (κ3) is 4.48. The first-order chi connectivity index (χ1) is 11.8. The fourth-order valence-electron chi connectivity index (χ4n) is 2.32. The third-order valence-corrected chi connectivity index (χ3v) is 3.56. The molecule has 3 aromatic rings. The second-order valence-electron chi connectivity index (χ2n) is 5.42. The number of aryl methyl sites for hydroxylation is 1. The van der Waals surface area contributed by atoms with Crippen LogP contribution < -0.4 is 10.9 Å². The summed E-state index contributed by atoms with van der Waals surface area (Å²) in [5, 5.41) is 9.99. The van der Waals surface area contributed by atoms with Crippen LogP contribution in [-0.2, 0) is 12.8 Å². The molecule has 0 aromatic carbocycles. The Labute approximate surface area is 138 Å². The Morgan fingerprint density at radius 2 is 2.21 bits per heavy atom. The molecule has 0 fully saturated rings. The second kappa shape index (κ2) is 8.00. The molecule has 0 saturated carbocycles. The van der Waals surface area contributed by atoms with Gasteiger partial charge in [0.25, 0.3) is 5.56 Å². The molecule has 0 aliphatic carbocycles. The predicted octanol–water partition coefficient (Wildman–Crippen LogP) is 1.31. The third-order valence-electron chi connectivity index (χ3n) is 3.56. The lowest BCUT2D eigenvalue weighted by molar-refractivity contribution is 0.743. The molecule has 0 amide bonds. The smallest absolute Gasteiger partial charge is 0.296 e. The number of nitrogens with one attached hydrogen (secondary N) is 3. The lowest BCUT2D eigenvalue weighted by Gasteiger charge is -2.05. The monoisotopic (exact) mass is 325 g/mol. The maximum Gasteiger partial charge on any atom is 0.296 e. The Morgan fingerprint density at radius 3 is 2.96 bits per heavy atom. The van der Waals surface area contributed by atoms with Crippen LogP contribution in [0.4, 0.5) is 5.95 Å². The van der Waals surface area contributed by atoms with Gasteiger partial charge in [0.1, 0.15) is 5.69 Å². The van der Waals surface area contributed by atoms with Crippen LogP contribution in [0.2, 0.25) is 0 Å². The molecule has 24 heavy (non-hydrogen) atoms. The number of pyridine rings is 1. The summed E-state index contributed by atoms with van der Waals surface area (Å²) in [5.41, 5.74) is 2.04. The average Bonchev–Trinajstić information content (AvgIpc) is 3.11. The van der Waals surface area contributed by atoms with Gasteiger partial charge in [0.2, 0.25) is 5.95 Å². The average molecular weight is 325 g/mol. The molecule has 3 heterocycles. The van der Waals surface area contributed by atoms with Gasteiger partial charge in [-0.05, 0) is 30.9 Å². The Balaban J connectivity index is 1.47. The maximum atomic E-state index is 12.0. The molecule has 3 N–H and O–H groups in total. The Morgan fingerprint density at radius 1 is 1.25 bits per heavy atom. The van der Waals surface area contributed by atoms with Crippen LogP contribution in [-0.4, -0.2) is 36.7 Å². The topological polar surface area (TPSA) is 112 Å². The largest absolute Gasteiger partial charge is 0.355 e. The van der Waals surface area contributed by atoms with Crippen LogP contribution in [0.3, 0.4) is 0 Å². The van der Waals surface area contributed by atoms with E-state index >= 15 is 0 Å². The van der Waals surface area contributed by atoms with Gasteiger partial charge >= 0.3 is 0 Å². The van der Waals surface area contributed by atoms with Crippen molar-refractivity contribution >= 4 is 5.95 Å². The highest BCUT2D eigenvalue weighted by Crippen LogP contribution is 2.03. The van der Waals surface area contributed by atoms with Crippen molar-refractivity contribution in [2.24, 2.45) is 0 Å². The number of rotatable bonds is 8. The molecule has 3 aromatic heterocycles. The van der Waals surface area contributed by atoms with Crippen LogP contribution in [0, 0.1) is 0 Å². The van der Waals surface area contributed by atoms with Crippen LogP contribution in [0.1, 0.15) is 29.8 Å². The molecule has 0 aliphatic heterocycles. The second-order valence-corrected chi connectivity index (χ2v) is 5.42. The molecule has 3 rings (SSSR count). The van der Waals surface area contributed by atoms with Gasteiger partial charge in [0.05, 0.1) is 12.0 Å². The summed E-state index contributed by atoms with van der Waals surface area (Å²) in [7, 11) is 0. The van der Waals surface area contributed by atoms with Gasteiger partial charge < -0.3 is 10.3 Å². The van der Waals surface area contributed by atoms with Crippen molar-refractivity contribution in [1.82, 2.24) is 30.1 Å². The number of H-pyrrole nitrogens is 2. The summed E-state index contributed by atoms with van der Waals surface area (Å²) in [6.07, 6.45) is 10.3. The van der Waals surface area contributed by atoms with E-state index in [2.05, 4.69) is 35.5 Å². The number of hydrogen-bond donors (Lipinski definition) is 3. The first kappa shape index (κ1) is 15.9. The fraction of sp³-hybridized carbons (Fsp3) is 0.312. The molecular weight excluding hydrogens is 306 g/mol. The van der Waals surface area contributed by atoms with Gasteiger partial charge in [-0.3, -0.25) is 9.78 Å². The highest BCUT2D eigenvalue weighted by atomic mass is 16.1. The van der Waals surface area contributed by atoms with Crippen molar-refractivity contribution in [2.75, 3.05) is 11.9 Å². The van der Waals surface area contributed by atoms with Crippen LogP contribution in [0.15, 0.2) is 41.8 Å². The summed E-state index contributed by atoms with van der Waals surface area (Å²) in [4.78, 5) is 27.2. The number of anilines is 1. The Bertz CT molecular complexity index is 799. The van der Waals surface area contributed by atoms with E-state index in [0.717, 1.165) is 37.1 Å². The zero-order chi connectivity index (χ0) is 16.6. The summed E-state index contributed by atoms with van der Waals surface area (Å²) < 4.78 is 0. The highest BCUT2D eigenvalue weighted by Gasteiger charge is 2.06. The van der Waals surface area contributed by atoms with E-state index < -0.39 is 0 Å². The van der Waals surface area contributed by atoms with Gasteiger partial charge in [-0.25, -0.2) is 10.1 Å². The lowest BCUT2D eigenvalue weighted by Crippen LogP contribution is -2.20. The number of imidazole rings is 1. The standard InChI is InChI=1S/C16H19N7O/c24-15-14(8-12-4-3-6-17-9-12)22-23-16(21-15)19-7-2-1-5-13-10-18-11-20-13/h3-4,6,9-11H,1-2,5,7-8H2,(H,18,20)(H2,19,21,23,24). The van der Waals surface area contributed by atoms with Gasteiger partial charge in [-0.2, -0.15) is 10.1 Å². The quantitative estimate of drug-likeness (QED) is 0.538. The summed E-state index contributed by atoms with van der Waals surface area (Å²) in [6.45, 7) is 0.719. The minimum Gasteiger partial charge on any atom is -0.355 e. The van der Waals surface area contributed by atoms with E-state index in [0.29, 0.717) is 18.1 Å². The maximum absolute atomic E-state index is 12.0. The lowest BCUT2D eigenvalue weighted by atomic mass is 10.2. The van der Waals surface area contributed by atoms with Crippen molar-refractivity contribution in [2.45, 2.75) is 25.7 Å². The molecule has 0 unspecified atom stereocenters. The van der Waals surface area contributed by atoms with Crippen LogP contribution in [0.5, 0.6) is 0 Å². The Kier molecular flexibility index (Phi) is 5.28. The molecular formula is C16H19N7O. The van der Waals surface area contributed by atoms with Crippen molar-refractivity contribution in [3.8, 4) is 0 Å². The van der Waals surface area contributed by atoms with E-state index in [1.54, 1.807) is 18.7 Å². The first-order valence-electron chi connectivity index (χ1n) is 7.87. The SMILES string of the molecule is O=c1nc(NCCCCc2c[nH]cn2)[nH]nc1Cc1cccnc1. The number of hydrogen-bond acceptors (Lipinski definition) is 6. The fourth-order valence-corrected chi connectivity index (χ4v) is 2.32. The highest BCUT2D eigenvalue weighted by molar-refractivity contribution is 5.23. The number of aromatic amines is 2. The summed E-state index contributed by atoms with van der Waals surface area (Å²) in [6, 6.07) is 3.73. The summed E-state index contributed by atoms with van der Waals surface area (Å²) in [5.74, 6) is 0.398. The molecule has 0 aliphatic rings. The molecule has 8 nitrogen and oxygen atoms in total. The van der Waals surface area contributed by atoms with Crippen molar-refractivity contribution < 1.29 is 0 Å². The summed E-state index contributed by atoms with van der Waals surface area (Å²) >= 11 is 0. The normalized spacial score (nSPS) is 10.7. The predicted molar refractivity (Wildman–Crippen MR) is 89.7 cm³/mol. The zero-order valence-electron chi connectivity index (χ0n) is 13.2. The van der Waals surface area contributed by atoms with E-state index in [1.807, 2.05) is 18.3 Å². The van der Waals surface area contributed by atoms with Gasteiger partial charge in [0.15, 0.2) is 0 Å². The first-order valence-corrected chi connectivity index (χ1v) is 7.87. The van der Waals surface area contributed by atoms with Crippen LogP contribution >= 0.6 is 0 Å². The van der Waals surface area contributed by atoms with Crippen molar-refractivity contribution in [3.63, 3.8) is 0 Å². The molecule has 0 radical (unpaired) electrons. The molecule has 0 saturated heterocycles. The zero-order valence-corrected chi connectivity index (χ0v) is 13.2. The van der Waals surface area contributed by atoms with Crippen molar-refractivity contribution in [1.29, 1.82) is 0 Å². The molecule has 124 valence electrons.